The van der Waals surface area contributed by atoms with E-state index in [4.69, 9.17) is 5.73 Å². The number of hydrogen-bond acceptors (Lipinski definition) is 3. The maximum absolute atomic E-state index is 12.3. The summed E-state index contributed by atoms with van der Waals surface area (Å²) in [6.45, 7) is 2.16. The molecule has 2 rings (SSSR count). The molecule has 0 heterocycles. The highest BCUT2D eigenvalue weighted by Gasteiger charge is 2.39. The van der Waals surface area contributed by atoms with Crippen molar-refractivity contribution in [3.63, 3.8) is 0 Å². The van der Waals surface area contributed by atoms with Gasteiger partial charge >= 0.3 is 0 Å². The number of carbonyl (C=O) groups is 1. The third-order valence-electron chi connectivity index (χ3n) is 4.53. The highest BCUT2D eigenvalue weighted by Crippen LogP contribution is 2.31. The van der Waals surface area contributed by atoms with Crippen molar-refractivity contribution in [1.82, 2.24) is 5.32 Å². The average molecular weight is 254 g/mol. The van der Waals surface area contributed by atoms with Crippen LogP contribution in [0.25, 0.3) is 0 Å². The van der Waals surface area contributed by atoms with E-state index in [1.807, 2.05) is 0 Å². The predicted octanol–water partition coefficient (Wildman–Crippen LogP) is 1.31. The maximum Gasteiger partial charge on any atom is 0.240 e. The van der Waals surface area contributed by atoms with Crippen LogP contribution < -0.4 is 11.1 Å². The van der Waals surface area contributed by atoms with Gasteiger partial charge in [-0.1, -0.05) is 32.6 Å². The molecule has 0 aromatic rings. The number of nitrogens with two attached hydrogens (primary N) is 1. The number of nitrogens with one attached hydrogen (secondary N) is 1. The molecular weight excluding hydrogens is 228 g/mol. The standard InChI is InChI=1S/C14H26N2O2/c1-10-5-4-8-14(15,9-10)13(18)16-11-6-2-3-7-12(11)17/h10-12,17H,2-9,15H2,1H3,(H,16,18)/t10?,11-,12-,14?/m1/s1. The molecule has 2 fully saturated rings. The SMILES string of the molecule is CC1CCCC(N)(C(=O)N[C@@H]2CCCC[C@H]2O)C1. The first kappa shape index (κ1) is 13.8. The molecule has 0 aromatic heterocycles. The lowest BCUT2D eigenvalue weighted by Crippen LogP contribution is -2.60. The van der Waals surface area contributed by atoms with Crippen molar-refractivity contribution in [2.45, 2.75) is 76.0 Å². The molecule has 104 valence electrons. The first-order chi connectivity index (χ1) is 8.51. The lowest BCUT2D eigenvalue weighted by Gasteiger charge is -2.38. The molecule has 0 spiro atoms. The summed E-state index contributed by atoms with van der Waals surface area (Å²) in [5.41, 5.74) is 5.55. The van der Waals surface area contributed by atoms with Crippen LogP contribution in [0.5, 0.6) is 0 Å². The van der Waals surface area contributed by atoms with E-state index in [9.17, 15) is 9.90 Å². The third kappa shape index (κ3) is 3.04. The Kier molecular flexibility index (Phi) is 4.28. The normalized spacial score (nSPS) is 41.4. The van der Waals surface area contributed by atoms with Crippen molar-refractivity contribution in [1.29, 1.82) is 0 Å². The molecule has 0 aliphatic heterocycles. The van der Waals surface area contributed by atoms with Crippen molar-refractivity contribution >= 4 is 5.91 Å². The average Bonchev–Trinajstić information content (AvgIpc) is 2.31. The summed E-state index contributed by atoms with van der Waals surface area (Å²) in [6, 6.07) is -0.0936. The van der Waals surface area contributed by atoms with Gasteiger partial charge in [0.15, 0.2) is 0 Å². The van der Waals surface area contributed by atoms with Crippen LogP contribution in [0.4, 0.5) is 0 Å². The van der Waals surface area contributed by atoms with Gasteiger partial charge in [0.1, 0.15) is 0 Å². The van der Waals surface area contributed by atoms with Crippen molar-refractivity contribution in [3.05, 3.63) is 0 Å². The fourth-order valence-corrected chi connectivity index (χ4v) is 3.39. The molecular formula is C14H26N2O2. The van der Waals surface area contributed by atoms with E-state index in [0.717, 1.165) is 51.4 Å². The first-order valence-electron chi connectivity index (χ1n) is 7.29. The Labute approximate surface area is 109 Å². The number of aliphatic hydroxyl groups excluding tert-OH is 1. The van der Waals surface area contributed by atoms with Crippen molar-refractivity contribution in [2.75, 3.05) is 0 Å². The second kappa shape index (κ2) is 5.57. The van der Waals surface area contributed by atoms with Gasteiger partial charge in [-0.2, -0.15) is 0 Å². The van der Waals surface area contributed by atoms with Crippen LogP contribution in [0.3, 0.4) is 0 Å². The molecule has 1 amide bonds. The van der Waals surface area contributed by atoms with E-state index in [-0.39, 0.29) is 11.9 Å². The van der Waals surface area contributed by atoms with E-state index < -0.39 is 11.6 Å². The minimum Gasteiger partial charge on any atom is -0.391 e. The molecule has 4 N–H and O–H groups in total. The summed E-state index contributed by atoms with van der Waals surface area (Å²) in [5.74, 6) is 0.464. The molecule has 0 bridgehead atoms. The fourth-order valence-electron chi connectivity index (χ4n) is 3.39. The number of amides is 1. The van der Waals surface area contributed by atoms with E-state index in [2.05, 4.69) is 12.2 Å². The van der Waals surface area contributed by atoms with Crippen molar-refractivity contribution in [2.24, 2.45) is 11.7 Å². The van der Waals surface area contributed by atoms with Crippen LogP contribution in [0, 0.1) is 5.92 Å². The van der Waals surface area contributed by atoms with E-state index >= 15 is 0 Å². The third-order valence-corrected chi connectivity index (χ3v) is 4.53. The highest BCUT2D eigenvalue weighted by atomic mass is 16.3. The molecule has 0 saturated heterocycles. The Hall–Kier alpha value is -0.610. The zero-order chi connectivity index (χ0) is 13.2. The number of rotatable bonds is 2. The summed E-state index contributed by atoms with van der Waals surface area (Å²) < 4.78 is 0. The number of carbonyl (C=O) groups excluding carboxylic acids is 1. The molecule has 18 heavy (non-hydrogen) atoms. The van der Waals surface area contributed by atoms with Crippen LogP contribution in [0.15, 0.2) is 0 Å². The summed E-state index contributed by atoms with van der Waals surface area (Å²) in [7, 11) is 0. The van der Waals surface area contributed by atoms with Gasteiger partial charge < -0.3 is 16.2 Å². The number of hydrogen-bond donors (Lipinski definition) is 3. The van der Waals surface area contributed by atoms with Crippen LogP contribution in [0.2, 0.25) is 0 Å². The minimum atomic E-state index is -0.713. The van der Waals surface area contributed by atoms with Crippen LogP contribution in [-0.4, -0.2) is 28.7 Å². The number of aliphatic hydroxyl groups is 1. The Bertz CT molecular complexity index is 308. The Morgan fingerprint density at radius 3 is 2.67 bits per heavy atom. The highest BCUT2D eigenvalue weighted by molar-refractivity contribution is 5.86. The lowest BCUT2D eigenvalue weighted by molar-refractivity contribution is -0.130. The second-order valence-electron chi connectivity index (χ2n) is 6.29. The van der Waals surface area contributed by atoms with Gasteiger partial charge in [-0.25, -0.2) is 0 Å². The Balaban J connectivity index is 1.93. The quantitative estimate of drug-likeness (QED) is 0.695. The second-order valence-corrected chi connectivity index (χ2v) is 6.29. The van der Waals surface area contributed by atoms with Gasteiger partial charge in [0.2, 0.25) is 5.91 Å². The molecule has 2 saturated carbocycles. The van der Waals surface area contributed by atoms with Gasteiger partial charge in [0.05, 0.1) is 17.7 Å². The molecule has 2 unspecified atom stereocenters. The zero-order valence-corrected chi connectivity index (χ0v) is 11.3. The van der Waals surface area contributed by atoms with Crippen LogP contribution in [0.1, 0.15) is 58.3 Å². The molecule has 4 heteroatoms. The van der Waals surface area contributed by atoms with Gasteiger partial charge in [-0.15, -0.1) is 0 Å². The molecule has 2 aliphatic carbocycles. The zero-order valence-electron chi connectivity index (χ0n) is 11.3. The lowest BCUT2D eigenvalue weighted by atomic mass is 9.76. The van der Waals surface area contributed by atoms with E-state index in [0.29, 0.717) is 5.92 Å². The van der Waals surface area contributed by atoms with Gasteiger partial charge in [0.25, 0.3) is 0 Å². The molecule has 0 radical (unpaired) electrons. The molecule has 4 atom stereocenters. The fraction of sp³-hybridized carbons (Fsp3) is 0.929. The van der Waals surface area contributed by atoms with E-state index in [1.54, 1.807) is 0 Å². The van der Waals surface area contributed by atoms with Crippen LogP contribution in [-0.2, 0) is 4.79 Å². The smallest absolute Gasteiger partial charge is 0.240 e. The maximum atomic E-state index is 12.3. The van der Waals surface area contributed by atoms with Gasteiger partial charge in [-0.05, 0) is 31.6 Å². The van der Waals surface area contributed by atoms with Gasteiger partial charge in [-0.3, -0.25) is 4.79 Å². The Morgan fingerprint density at radius 1 is 1.28 bits per heavy atom. The van der Waals surface area contributed by atoms with Crippen molar-refractivity contribution < 1.29 is 9.90 Å². The first-order valence-corrected chi connectivity index (χ1v) is 7.29. The largest absolute Gasteiger partial charge is 0.391 e. The van der Waals surface area contributed by atoms with Gasteiger partial charge in [0, 0.05) is 0 Å². The van der Waals surface area contributed by atoms with Crippen molar-refractivity contribution in [3.8, 4) is 0 Å². The summed E-state index contributed by atoms with van der Waals surface area (Å²) in [6.07, 6.45) is 7.13. The summed E-state index contributed by atoms with van der Waals surface area (Å²) >= 11 is 0. The van der Waals surface area contributed by atoms with E-state index in [1.165, 1.54) is 0 Å². The summed E-state index contributed by atoms with van der Waals surface area (Å²) in [5, 5.41) is 12.9. The Morgan fingerprint density at radius 2 is 2.00 bits per heavy atom. The molecule has 2 aliphatic rings. The monoisotopic (exact) mass is 254 g/mol. The predicted molar refractivity (Wildman–Crippen MR) is 71.0 cm³/mol. The topological polar surface area (TPSA) is 75.4 Å². The van der Waals surface area contributed by atoms with Crippen LogP contribution >= 0.6 is 0 Å². The summed E-state index contributed by atoms with van der Waals surface area (Å²) in [4.78, 5) is 12.3. The minimum absolute atomic E-state index is 0.0556. The molecule has 4 nitrogen and oxygen atoms in total. The molecule has 0 aromatic carbocycles.